The summed E-state index contributed by atoms with van der Waals surface area (Å²) in [4.78, 5) is 19.9. The first kappa shape index (κ1) is 16.4. The molecule has 3 rings (SSSR count). The first-order valence-corrected chi connectivity index (χ1v) is 7.45. The molecular formula is C18H15FN4O2. The van der Waals surface area contributed by atoms with E-state index in [1.54, 1.807) is 43.4 Å². The van der Waals surface area contributed by atoms with Gasteiger partial charge in [-0.3, -0.25) is 4.79 Å². The minimum absolute atomic E-state index is 0.126. The quantitative estimate of drug-likeness (QED) is 0.745. The van der Waals surface area contributed by atoms with Gasteiger partial charge in [0, 0.05) is 18.7 Å². The minimum atomic E-state index is -0.628. The second kappa shape index (κ2) is 6.96. The molecule has 0 aliphatic heterocycles. The van der Waals surface area contributed by atoms with E-state index in [0.717, 1.165) is 0 Å². The van der Waals surface area contributed by atoms with E-state index in [-0.39, 0.29) is 11.5 Å². The van der Waals surface area contributed by atoms with Gasteiger partial charge in [-0.15, -0.1) is 0 Å². The molecule has 6 nitrogen and oxygen atoms in total. The van der Waals surface area contributed by atoms with E-state index in [1.807, 2.05) is 0 Å². The summed E-state index contributed by atoms with van der Waals surface area (Å²) in [6.45, 7) is 0. The van der Waals surface area contributed by atoms with E-state index < -0.39 is 5.91 Å². The Morgan fingerprint density at radius 1 is 1.04 bits per heavy atom. The number of halogens is 1. The van der Waals surface area contributed by atoms with Crippen molar-refractivity contribution in [2.75, 3.05) is 12.4 Å². The largest absolute Gasteiger partial charge is 0.457 e. The van der Waals surface area contributed by atoms with Crippen LogP contribution in [0, 0.1) is 5.82 Å². The first-order chi connectivity index (χ1) is 12.0. The average Bonchev–Trinajstić information content (AvgIpc) is 2.64. The summed E-state index contributed by atoms with van der Waals surface area (Å²) in [6, 6.07) is 14.2. The molecule has 0 fully saturated rings. The molecule has 0 saturated heterocycles. The van der Waals surface area contributed by atoms with Crippen LogP contribution in [0.3, 0.4) is 0 Å². The van der Waals surface area contributed by atoms with Crippen LogP contribution in [-0.4, -0.2) is 22.9 Å². The summed E-state index contributed by atoms with van der Waals surface area (Å²) in [5, 5.41) is 2.87. The number of carbonyl (C=O) groups excluding carboxylic acids is 1. The molecule has 3 aromatic rings. The summed E-state index contributed by atoms with van der Waals surface area (Å²) < 4.78 is 18.5. The fourth-order valence-corrected chi connectivity index (χ4v) is 2.14. The predicted molar refractivity (Wildman–Crippen MR) is 92.0 cm³/mol. The van der Waals surface area contributed by atoms with E-state index in [9.17, 15) is 9.18 Å². The van der Waals surface area contributed by atoms with Crippen molar-refractivity contribution in [3.8, 4) is 22.9 Å². The number of nitrogens with two attached hydrogens (primary N) is 1. The number of nitrogens with one attached hydrogen (secondary N) is 1. The molecule has 0 atom stereocenters. The number of aromatic nitrogens is 2. The molecular weight excluding hydrogens is 323 g/mol. The van der Waals surface area contributed by atoms with E-state index in [0.29, 0.717) is 28.7 Å². The van der Waals surface area contributed by atoms with Crippen molar-refractivity contribution in [1.82, 2.24) is 9.97 Å². The zero-order valence-electron chi connectivity index (χ0n) is 13.4. The molecule has 0 saturated carbocycles. The van der Waals surface area contributed by atoms with Crippen LogP contribution in [0.5, 0.6) is 11.5 Å². The van der Waals surface area contributed by atoms with Crippen molar-refractivity contribution >= 4 is 11.7 Å². The van der Waals surface area contributed by atoms with Gasteiger partial charge in [-0.25, -0.2) is 14.4 Å². The molecule has 0 aliphatic carbocycles. The molecule has 0 radical (unpaired) electrons. The Morgan fingerprint density at radius 3 is 2.20 bits per heavy atom. The number of primary amides is 1. The van der Waals surface area contributed by atoms with Crippen molar-refractivity contribution in [3.63, 3.8) is 0 Å². The van der Waals surface area contributed by atoms with Crippen LogP contribution in [0.1, 0.15) is 10.5 Å². The van der Waals surface area contributed by atoms with Gasteiger partial charge in [0.2, 0.25) is 0 Å². The lowest BCUT2D eigenvalue weighted by Crippen LogP contribution is -2.14. The fourth-order valence-electron chi connectivity index (χ4n) is 2.14. The highest BCUT2D eigenvalue weighted by molar-refractivity contribution is 5.92. The van der Waals surface area contributed by atoms with E-state index in [2.05, 4.69) is 15.3 Å². The number of amides is 1. The third-order valence-electron chi connectivity index (χ3n) is 3.40. The number of rotatable bonds is 5. The highest BCUT2D eigenvalue weighted by Crippen LogP contribution is 2.25. The van der Waals surface area contributed by atoms with Crippen LogP contribution in [0.15, 0.2) is 54.6 Å². The Bertz CT molecular complexity index is 896. The number of benzene rings is 2. The third kappa shape index (κ3) is 3.89. The Labute approximate surface area is 143 Å². The number of ether oxygens (including phenoxy) is 1. The maximum Gasteiger partial charge on any atom is 0.267 e. The van der Waals surface area contributed by atoms with Gasteiger partial charge in [-0.1, -0.05) is 0 Å². The number of anilines is 1. The van der Waals surface area contributed by atoms with E-state index in [1.165, 1.54) is 18.2 Å². The molecule has 1 aromatic heterocycles. The lowest BCUT2D eigenvalue weighted by Gasteiger charge is -2.08. The van der Waals surface area contributed by atoms with Gasteiger partial charge in [-0.05, 0) is 48.5 Å². The maximum absolute atomic E-state index is 12.9. The van der Waals surface area contributed by atoms with Gasteiger partial charge >= 0.3 is 0 Å². The summed E-state index contributed by atoms with van der Waals surface area (Å²) in [5.41, 5.74) is 6.13. The average molecular weight is 338 g/mol. The van der Waals surface area contributed by atoms with Crippen LogP contribution >= 0.6 is 0 Å². The number of hydrogen-bond acceptors (Lipinski definition) is 5. The molecule has 0 unspecified atom stereocenters. The lowest BCUT2D eigenvalue weighted by atomic mass is 10.2. The Balaban J connectivity index is 1.85. The molecule has 0 aliphatic rings. The van der Waals surface area contributed by atoms with Crippen molar-refractivity contribution in [1.29, 1.82) is 0 Å². The Hall–Kier alpha value is -3.48. The molecule has 7 heteroatoms. The van der Waals surface area contributed by atoms with Crippen LogP contribution in [0.4, 0.5) is 10.2 Å². The normalized spacial score (nSPS) is 10.3. The van der Waals surface area contributed by atoms with Crippen molar-refractivity contribution in [3.05, 3.63) is 66.1 Å². The van der Waals surface area contributed by atoms with E-state index >= 15 is 0 Å². The molecule has 25 heavy (non-hydrogen) atoms. The SMILES string of the molecule is CNc1cc(C(N)=O)nc(-c2ccc(Oc3ccc(F)cc3)cc2)n1. The summed E-state index contributed by atoms with van der Waals surface area (Å²) in [7, 11) is 1.69. The minimum Gasteiger partial charge on any atom is -0.457 e. The van der Waals surface area contributed by atoms with Gasteiger partial charge in [0.15, 0.2) is 5.82 Å². The van der Waals surface area contributed by atoms with Crippen LogP contribution in [0.25, 0.3) is 11.4 Å². The highest BCUT2D eigenvalue weighted by Gasteiger charge is 2.10. The molecule has 1 amide bonds. The summed E-state index contributed by atoms with van der Waals surface area (Å²) >= 11 is 0. The summed E-state index contributed by atoms with van der Waals surface area (Å²) in [6.07, 6.45) is 0. The lowest BCUT2D eigenvalue weighted by molar-refractivity contribution is 0.0995. The second-order valence-electron chi connectivity index (χ2n) is 5.16. The summed E-state index contributed by atoms with van der Waals surface area (Å²) in [5.74, 6) is 1.01. The second-order valence-corrected chi connectivity index (χ2v) is 5.16. The standard InChI is InChI=1S/C18H15FN4O2/c1-21-16-10-15(17(20)24)22-18(23-16)11-2-6-13(7-3-11)25-14-8-4-12(19)5-9-14/h2-10H,1H3,(H2,20,24)(H,21,22,23). The maximum atomic E-state index is 12.9. The number of nitrogens with zero attached hydrogens (tertiary/aromatic N) is 2. The first-order valence-electron chi connectivity index (χ1n) is 7.45. The fraction of sp³-hybridized carbons (Fsp3) is 0.0556. The van der Waals surface area contributed by atoms with Gasteiger partial charge < -0.3 is 15.8 Å². The molecule has 0 spiro atoms. The molecule has 1 heterocycles. The highest BCUT2D eigenvalue weighted by atomic mass is 19.1. The zero-order valence-corrected chi connectivity index (χ0v) is 13.4. The smallest absolute Gasteiger partial charge is 0.267 e. The van der Waals surface area contributed by atoms with Crippen molar-refractivity contribution < 1.29 is 13.9 Å². The Kier molecular flexibility index (Phi) is 4.56. The topological polar surface area (TPSA) is 90.1 Å². The monoisotopic (exact) mass is 338 g/mol. The van der Waals surface area contributed by atoms with Gasteiger partial charge in [-0.2, -0.15) is 0 Å². The Morgan fingerprint density at radius 2 is 1.64 bits per heavy atom. The van der Waals surface area contributed by atoms with Gasteiger partial charge in [0.25, 0.3) is 5.91 Å². The van der Waals surface area contributed by atoms with E-state index in [4.69, 9.17) is 10.5 Å². The van der Waals surface area contributed by atoms with Gasteiger partial charge in [0.05, 0.1) is 0 Å². The molecule has 0 bridgehead atoms. The molecule has 2 aromatic carbocycles. The number of carbonyl (C=O) groups is 1. The van der Waals surface area contributed by atoms with Crippen LogP contribution in [0.2, 0.25) is 0 Å². The third-order valence-corrected chi connectivity index (χ3v) is 3.40. The molecule has 126 valence electrons. The van der Waals surface area contributed by atoms with Crippen LogP contribution < -0.4 is 15.8 Å². The van der Waals surface area contributed by atoms with Gasteiger partial charge in [0.1, 0.15) is 28.8 Å². The van der Waals surface area contributed by atoms with Crippen molar-refractivity contribution in [2.45, 2.75) is 0 Å². The zero-order chi connectivity index (χ0) is 17.8. The number of hydrogen-bond donors (Lipinski definition) is 2. The molecule has 3 N–H and O–H groups in total. The predicted octanol–water partition coefficient (Wildman–Crippen LogP) is 3.22. The van der Waals surface area contributed by atoms with Crippen LogP contribution in [-0.2, 0) is 0 Å². The van der Waals surface area contributed by atoms with Crippen molar-refractivity contribution in [2.24, 2.45) is 5.73 Å².